The summed E-state index contributed by atoms with van der Waals surface area (Å²) >= 11 is 0. The van der Waals surface area contributed by atoms with Gasteiger partial charge in [-0.1, -0.05) is 0 Å². The fourth-order valence-corrected chi connectivity index (χ4v) is 3.71. The number of nitro groups is 2. The van der Waals surface area contributed by atoms with Crippen molar-refractivity contribution in [3.63, 3.8) is 0 Å². The van der Waals surface area contributed by atoms with Gasteiger partial charge in [-0.15, -0.1) is 0 Å². The van der Waals surface area contributed by atoms with Gasteiger partial charge in [0.15, 0.2) is 15.6 Å². The van der Waals surface area contributed by atoms with Crippen LogP contribution in [0.25, 0.3) is 0 Å². The monoisotopic (exact) mass is 400 g/mol. The average molecular weight is 400 g/mol. The molecule has 1 atom stereocenters. The van der Waals surface area contributed by atoms with Gasteiger partial charge in [0.25, 0.3) is 0 Å². The van der Waals surface area contributed by atoms with Gasteiger partial charge < -0.3 is 8.83 Å². The summed E-state index contributed by atoms with van der Waals surface area (Å²) in [4.78, 5) is 19.0. The smallest absolute Gasteiger partial charge is 0.409 e. The Kier molecular flexibility index (Phi) is 6.28. The van der Waals surface area contributed by atoms with E-state index >= 15 is 0 Å². The molecule has 0 saturated carbocycles. The molecule has 0 bridgehead atoms. The quantitative estimate of drug-likeness (QED) is 0.423. The van der Waals surface area contributed by atoms with Crippen LogP contribution < -0.4 is 0 Å². The molecule has 3 rings (SSSR count). The van der Waals surface area contributed by atoms with Gasteiger partial charge in [-0.3, -0.25) is 25.2 Å². The molecule has 1 unspecified atom stereocenters. The summed E-state index contributed by atoms with van der Waals surface area (Å²) in [6.45, 7) is 2.07. The van der Waals surface area contributed by atoms with E-state index < -0.39 is 19.7 Å². The summed E-state index contributed by atoms with van der Waals surface area (Å²) in [6.07, 6.45) is 2.61. The Bertz CT molecular complexity index is 919. The van der Waals surface area contributed by atoms with Gasteiger partial charge in [0.2, 0.25) is 0 Å². The zero-order chi connectivity index (χ0) is 20.0. The normalized spacial score (nSPS) is 18.7. The lowest BCUT2D eigenvalue weighted by atomic mass is 10.4. The molecule has 146 valence electrons. The van der Waals surface area contributed by atoms with E-state index in [0.717, 1.165) is 0 Å². The summed E-state index contributed by atoms with van der Waals surface area (Å²) < 4.78 is 32.1. The van der Waals surface area contributed by atoms with E-state index in [1.165, 1.54) is 36.7 Å². The highest BCUT2D eigenvalue weighted by atomic mass is 32.2. The van der Waals surface area contributed by atoms with Crippen molar-refractivity contribution >= 4 is 27.8 Å². The first-order valence-electron chi connectivity index (χ1n) is 7.61. The highest BCUT2D eigenvalue weighted by molar-refractivity contribution is 7.91. The Balaban J connectivity index is 0.000000273. The van der Waals surface area contributed by atoms with Gasteiger partial charge in [-0.2, -0.15) is 5.10 Å². The molecule has 0 radical (unpaired) electrons. The lowest BCUT2D eigenvalue weighted by Crippen LogP contribution is -2.43. The second-order valence-electron chi connectivity index (χ2n) is 5.51. The molecule has 0 aliphatic carbocycles. The molecular weight excluding hydrogens is 384 g/mol. The van der Waals surface area contributed by atoms with Crippen molar-refractivity contribution in [1.29, 1.82) is 0 Å². The highest BCUT2D eigenvalue weighted by Crippen LogP contribution is 2.15. The fraction of sp³-hybridized carbons (Fsp3) is 0.357. The molecular formula is C14H16N4O8S. The van der Waals surface area contributed by atoms with Crippen LogP contribution in [0.1, 0.15) is 12.7 Å². The Hall–Kier alpha value is -3.22. The first-order valence-corrected chi connectivity index (χ1v) is 9.43. The van der Waals surface area contributed by atoms with Crippen LogP contribution in [-0.2, 0) is 9.84 Å². The maximum atomic E-state index is 11.4. The topological polar surface area (TPSA) is 162 Å². The predicted molar refractivity (Wildman–Crippen MR) is 93.1 cm³/mol. The second-order valence-corrected chi connectivity index (χ2v) is 7.74. The van der Waals surface area contributed by atoms with Crippen molar-refractivity contribution < 1.29 is 27.1 Å². The number of rotatable bonds is 4. The minimum atomic E-state index is -2.98. The first-order chi connectivity index (χ1) is 12.7. The van der Waals surface area contributed by atoms with Crippen molar-refractivity contribution in [2.75, 3.05) is 18.1 Å². The van der Waals surface area contributed by atoms with E-state index in [4.69, 9.17) is 4.42 Å². The molecule has 1 saturated heterocycles. The lowest BCUT2D eigenvalue weighted by molar-refractivity contribution is -0.402. The van der Waals surface area contributed by atoms with E-state index in [1.807, 2.05) is 0 Å². The lowest BCUT2D eigenvalue weighted by Gasteiger charge is -2.30. The Morgan fingerprint density at radius 1 is 1.22 bits per heavy atom. The van der Waals surface area contributed by atoms with E-state index in [1.54, 1.807) is 11.9 Å². The van der Waals surface area contributed by atoms with Gasteiger partial charge in [-0.05, 0) is 19.1 Å². The van der Waals surface area contributed by atoms with E-state index in [2.05, 4.69) is 9.52 Å². The van der Waals surface area contributed by atoms with Crippen LogP contribution >= 0.6 is 0 Å². The summed E-state index contributed by atoms with van der Waals surface area (Å²) in [7, 11) is -2.98. The number of nitrogens with zero attached hydrogens (tertiary/aromatic N) is 4. The van der Waals surface area contributed by atoms with Crippen molar-refractivity contribution in [3.05, 3.63) is 56.5 Å². The molecule has 3 heterocycles. The molecule has 1 aliphatic rings. The number of furan rings is 2. The van der Waals surface area contributed by atoms with Crippen LogP contribution in [-0.4, -0.2) is 53.6 Å². The first kappa shape index (κ1) is 20.1. The molecule has 2 aromatic rings. The van der Waals surface area contributed by atoms with Crippen LogP contribution in [0.3, 0.4) is 0 Å². The standard InChI is InChI=1S/C10H13N3O5S.C4H3NO3/c1-8-7-19(16,17)5-4-12(8)11-6-9-2-3-10(18-9)13(14)15;6-5(7)4-2-1-3-8-4/h2-3,6,8H,4-5,7H2,1H3;1-3H. The van der Waals surface area contributed by atoms with Crippen LogP contribution in [0.15, 0.2) is 44.5 Å². The summed E-state index contributed by atoms with van der Waals surface area (Å²) in [5.74, 6) is -0.191. The SMILES string of the molecule is CC1CS(=O)(=O)CCN1N=Cc1ccc([N+](=O)[O-])o1.O=[N+]([O-])c1ccco1. The van der Waals surface area contributed by atoms with Gasteiger partial charge >= 0.3 is 11.8 Å². The minimum absolute atomic E-state index is 0.0582. The van der Waals surface area contributed by atoms with Gasteiger partial charge in [-0.25, -0.2) is 8.42 Å². The molecule has 0 aromatic carbocycles. The largest absolute Gasteiger partial charge is 0.433 e. The second kappa shape index (κ2) is 8.44. The van der Waals surface area contributed by atoms with Crippen LogP contribution in [0, 0.1) is 20.2 Å². The molecule has 0 amide bonds. The average Bonchev–Trinajstić information content (AvgIpc) is 3.26. The third-order valence-electron chi connectivity index (χ3n) is 3.45. The zero-order valence-electron chi connectivity index (χ0n) is 14.1. The van der Waals surface area contributed by atoms with Gasteiger partial charge in [0.05, 0.1) is 48.7 Å². The molecule has 1 aliphatic heterocycles. The Morgan fingerprint density at radius 2 is 1.93 bits per heavy atom. The van der Waals surface area contributed by atoms with Crippen LogP contribution in [0.5, 0.6) is 0 Å². The number of sulfone groups is 1. The summed E-state index contributed by atoms with van der Waals surface area (Å²) in [5, 5.41) is 25.9. The number of hydrogen-bond donors (Lipinski definition) is 0. The fourth-order valence-electron chi connectivity index (χ4n) is 2.18. The summed E-state index contributed by atoms with van der Waals surface area (Å²) in [5.41, 5.74) is 0. The molecule has 2 aromatic heterocycles. The third kappa shape index (κ3) is 5.91. The third-order valence-corrected chi connectivity index (χ3v) is 5.24. The highest BCUT2D eigenvalue weighted by Gasteiger charge is 2.27. The molecule has 12 nitrogen and oxygen atoms in total. The molecule has 1 fully saturated rings. The van der Waals surface area contributed by atoms with E-state index in [-0.39, 0.29) is 35.1 Å². The van der Waals surface area contributed by atoms with Crippen LogP contribution in [0.4, 0.5) is 11.8 Å². The van der Waals surface area contributed by atoms with Crippen molar-refractivity contribution in [1.82, 2.24) is 5.01 Å². The minimum Gasteiger partial charge on any atom is -0.409 e. The van der Waals surface area contributed by atoms with Crippen LogP contribution in [0.2, 0.25) is 0 Å². The van der Waals surface area contributed by atoms with E-state index in [0.29, 0.717) is 6.54 Å². The molecule has 27 heavy (non-hydrogen) atoms. The summed E-state index contributed by atoms with van der Waals surface area (Å²) in [6, 6.07) is 5.22. The predicted octanol–water partition coefficient (Wildman–Crippen LogP) is 1.83. The van der Waals surface area contributed by atoms with Gasteiger partial charge in [0, 0.05) is 0 Å². The molecule has 0 spiro atoms. The Labute approximate surface area is 153 Å². The van der Waals surface area contributed by atoms with Crippen molar-refractivity contribution in [2.45, 2.75) is 13.0 Å². The maximum absolute atomic E-state index is 11.4. The molecule has 0 N–H and O–H groups in total. The van der Waals surface area contributed by atoms with Gasteiger partial charge in [0.1, 0.15) is 9.85 Å². The maximum Gasteiger partial charge on any atom is 0.433 e. The Morgan fingerprint density at radius 3 is 2.41 bits per heavy atom. The number of hydrazone groups is 1. The van der Waals surface area contributed by atoms with E-state index in [9.17, 15) is 28.6 Å². The van der Waals surface area contributed by atoms with Crippen molar-refractivity contribution in [2.24, 2.45) is 5.10 Å². The zero-order valence-corrected chi connectivity index (χ0v) is 14.9. The number of hydrogen-bond acceptors (Lipinski definition) is 10. The van der Waals surface area contributed by atoms with Crippen molar-refractivity contribution in [3.8, 4) is 0 Å². The molecule has 13 heteroatoms.